The van der Waals surface area contributed by atoms with Crippen molar-refractivity contribution in [1.82, 2.24) is 0 Å². The van der Waals surface area contributed by atoms with E-state index in [-0.39, 0.29) is 5.91 Å². The molecule has 0 saturated carbocycles. The molecule has 1 amide bonds. The first-order valence-electron chi connectivity index (χ1n) is 5.95. The van der Waals surface area contributed by atoms with Crippen LogP contribution in [0.25, 0.3) is 6.08 Å². The fourth-order valence-electron chi connectivity index (χ4n) is 1.65. The highest BCUT2D eigenvalue weighted by Gasteiger charge is 1.97. The number of carbonyl (C=O) groups is 1. The Kier molecular flexibility index (Phi) is 4.53. The second-order valence-corrected chi connectivity index (χ2v) is 5.16. The first-order chi connectivity index (χ1) is 9.13. The van der Waals surface area contributed by atoms with Crippen LogP contribution < -0.4 is 5.32 Å². The summed E-state index contributed by atoms with van der Waals surface area (Å²) in [6, 6.07) is 15.5. The van der Waals surface area contributed by atoms with E-state index in [0.717, 1.165) is 21.3 Å². The Hall–Kier alpha value is -1.87. The van der Waals surface area contributed by atoms with Crippen LogP contribution in [0.4, 0.5) is 5.69 Å². The summed E-state index contributed by atoms with van der Waals surface area (Å²) < 4.78 is 1.02. The molecule has 2 aromatic carbocycles. The summed E-state index contributed by atoms with van der Waals surface area (Å²) in [5.74, 6) is -0.131. The second kappa shape index (κ2) is 6.34. The van der Waals surface area contributed by atoms with Gasteiger partial charge in [-0.25, -0.2) is 0 Å². The van der Waals surface area contributed by atoms with Crippen LogP contribution in [0.3, 0.4) is 0 Å². The lowest BCUT2D eigenvalue weighted by Gasteiger charge is -2.02. The predicted molar refractivity (Wildman–Crippen MR) is 83.0 cm³/mol. The molecule has 0 fully saturated rings. The van der Waals surface area contributed by atoms with E-state index in [2.05, 4.69) is 21.2 Å². The molecule has 1 N–H and O–H groups in total. The van der Waals surface area contributed by atoms with Gasteiger partial charge in [-0.2, -0.15) is 0 Å². The van der Waals surface area contributed by atoms with Gasteiger partial charge in [0.05, 0.1) is 0 Å². The van der Waals surface area contributed by atoms with Crippen molar-refractivity contribution in [2.75, 3.05) is 5.32 Å². The molecule has 96 valence electrons. The molecule has 0 aliphatic rings. The zero-order valence-corrected chi connectivity index (χ0v) is 12.1. The molecule has 0 radical (unpaired) electrons. The van der Waals surface area contributed by atoms with E-state index in [1.165, 1.54) is 6.08 Å². The first kappa shape index (κ1) is 13.6. The normalized spacial score (nSPS) is 10.6. The maximum absolute atomic E-state index is 11.8. The summed E-state index contributed by atoms with van der Waals surface area (Å²) >= 11 is 3.37. The summed E-state index contributed by atoms with van der Waals surface area (Å²) in [5, 5.41) is 2.83. The summed E-state index contributed by atoms with van der Waals surface area (Å²) in [6.45, 7) is 1.99. The van der Waals surface area contributed by atoms with Crippen molar-refractivity contribution in [2.45, 2.75) is 6.92 Å². The van der Waals surface area contributed by atoms with Gasteiger partial charge in [0.15, 0.2) is 0 Å². The largest absolute Gasteiger partial charge is 0.323 e. The van der Waals surface area contributed by atoms with Crippen LogP contribution in [0, 0.1) is 6.92 Å². The van der Waals surface area contributed by atoms with E-state index in [1.54, 1.807) is 6.08 Å². The van der Waals surface area contributed by atoms with Gasteiger partial charge in [-0.15, -0.1) is 0 Å². The van der Waals surface area contributed by atoms with Gasteiger partial charge in [-0.05, 0) is 48.4 Å². The van der Waals surface area contributed by atoms with Crippen molar-refractivity contribution in [3.63, 3.8) is 0 Å². The number of amides is 1. The highest BCUT2D eigenvalue weighted by atomic mass is 79.9. The topological polar surface area (TPSA) is 29.1 Å². The van der Waals surface area contributed by atoms with Crippen LogP contribution in [-0.4, -0.2) is 5.91 Å². The average Bonchev–Trinajstić information content (AvgIpc) is 2.38. The molecule has 0 unspecified atom stereocenters. The van der Waals surface area contributed by atoms with Gasteiger partial charge in [0.25, 0.3) is 0 Å². The number of hydrogen-bond acceptors (Lipinski definition) is 1. The van der Waals surface area contributed by atoms with Crippen LogP contribution in [0.1, 0.15) is 11.1 Å². The van der Waals surface area contributed by atoms with E-state index in [1.807, 2.05) is 55.5 Å². The van der Waals surface area contributed by atoms with E-state index in [0.29, 0.717) is 0 Å². The average molecular weight is 316 g/mol. The quantitative estimate of drug-likeness (QED) is 0.835. The summed E-state index contributed by atoms with van der Waals surface area (Å²) in [5.41, 5.74) is 2.92. The molecule has 0 aliphatic carbocycles. The predicted octanol–water partition coefficient (Wildman–Crippen LogP) is 4.41. The Labute approximate surface area is 121 Å². The smallest absolute Gasteiger partial charge is 0.248 e. The van der Waals surface area contributed by atoms with Gasteiger partial charge in [0.2, 0.25) is 5.91 Å². The van der Waals surface area contributed by atoms with Gasteiger partial charge in [0.1, 0.15) is 0 Å². The Bertz CT molecular complexity index is 602. The number of carbonyl (C=O) groups excluding carboxylic acids is 1. The number of hydrogen-bond donors (Lipinski definition) is 1. The molecule has 2 nitrogen and oxygen atoms in total. The highest BCUT2D eigenvalue weighted by molar-refractivity contribution is 9.10. The van der Waals surface area contributed by atoms with Gasteiger partial charge >= 0.3 is 0 Å². The molecule has 0 heterocycles. The Balaban J connectivity index is 1.99. The van der Waals surface area contributed by atoms with E-state index >= 15 is 0 Å². The van der Waals surface area contributed by atoms with Crippen LogP contribution in [0.2, 0.25) is 0 Å². The minimum Gasteiger partial charge on any atom is -0.323 e. The van der Waals surface area contributed by atoms with E-state index < -0.39 is 0 Å². The van der Waals surface area contributed by atoms with Gasteiger partial charge < -0.3 is 5.32 Å². The third-order valence-electron chi connectivity index (χ3n) is 2.58. The Morgan fingerprint density at radius 2 is 1.89 bits per heavy atom. The fourth-order valence-corrected chi connectivity index (χ4v) is 1.92. The zero-order chi connectivity index (χ0) is 13.7. The molecule has 0 aliphatic heterocycles. The van der Waals surface area contributed by atoms with Gasteiger partial charge in [-0.1, -0.05) is 40.2 Å². The van der Waals surface area contributed by atoms with Crippen LogP contribution >= 0.6 is 15.9 Å². The fraction of sp³-hybridized carbons (Fsp3) is 0.0625. The lowest BCUT2D eigenvalue weighted by molar-refractivity contribution is -0.111. The molecular formula is C16H14BrNO. The number of anilines is 1. The van der Waals surface area contributed by atoms with E-state index in [4.69, 9.17) is 0 Å². The van der Waals surface area contributed by atoms with Crippen molar-refractivity contribution in [1.29, 1.82) is 0 Å². The standard InChI is InChI=1S/C16H14BrNO/c1-12-3-2-4-15(11-12)18-16(19)10-7-13-5-8-14(17)9-6-13/h2-11H,1H3,(H,18,19)/b10-7-. The number of benzene rings is 2. The highest BCUT2D eigenvalue weighted by Crippen LogP contribution is 2.12. The molecule has 0 bridgehead atoms. The molecule has 19 heavy (non-hydrogen) atoms. The third-order valence-corrected chi connectivity index (χ3v) is 3.11. The lowest BCUT2D eigenvalue weighted by atomic mass is 10.2. The summed E-state index contributed by atoms with van der Waals surface area (Å²) in [4.78, 5) is 11.8. The molecule has 0 aromatic heterocycles. The monoisotopic (exact) mass is 315 g/mol. The maximum atomic E-state index is 11.8. The Morgan fingerprint density at radius 3 is 2.58 bits per heavy atom. The Morgan fingerprint density at radius 1 is 1.16 bits per heavy atom. The van der Waals surface area contributed by atoms with Crippen LogP contribution in [-0.2, 0) is 4.79 Å². The number of rotatable bonds is 3. The number of nitrogens with one attached hydrogen (secondary N) is 1. The lowest BCUT2D eigenvalue weighted by Crippen LogP contribution is -2.07. The minimum absolute atomic E-state index is 0.131. The second-order valence-electron chi connectivity index (χ2n) is 4.24. The first-order valence-corrected chi connectivity index (χ1v) is 6.74. The number of aryl methyl sites for hydroxylation is 1. The summed E-state index contributed by atoms with van der Waals surface area (Å²) in [7, 11) is 0. The van der Waals surface area contributed by atoms with Crippen LogP contribution in [0.15, 0.2) is 59.1 Å². The van der Waals surface area contributed by atoms with Gasteiger partial charge in [0, 0.05) is 16.2 Å². The van der Waals surface area contributed by atoms with Crippen molar-refractivity contribution < 1.29 is 4.79 Å². The molecule has 2 rings (SSSR count). The molecular weight excluding hydrogens is 302 g/mol. The third kappa shape index (κ3) is 4.38. The zero-order valence-electron chi connectivity index (χ0n) is 10.6. The SMILES string of the molecule is Cc1cccc(NC(=O)/C=C\c2ccc(Br)cc2)c1. The molecule has 0 spiro atoms. The molecule has 0 atom stereocenters. The minimum atomic E-state index is -0.131. The molecule has 3 heteroatoms. The van der Waals surface area contributed by atoms with Crippen molar-refractivity contribution in [2.24, 2.45) is 0 Å². The molecule has 2 aromatic rings. The van der Waals surface area contributed by atoms with Crippen molar-refractivity contribution in [3.8, 4) is 0 Å². The number of halogens is 1. The van der Waals surface area contributed by atoms with Crippen molar-refractivity contribution in [3.05, 3.63) is 70.2 Å². The summed E-state index contributed by atoms with van der Waals surface area (Å²) in [6.07, 6.45) is 3.32. The van der Waals surface area contributed by atoms with E-state index in [9.17, 15) is 4.79 Å². The van der Waals surface area contributed by atoms with Crippen LogP contribution in [0.5, 0.6) is 0 Å². The molecule has 0 saturated heterocycles. The van der Waals surface area contributed by atoms with Gasteiger partial charge in [-0.3, -0.25) is 4.79 Å². The van der Waals surface area contributed by atoms with Crippen molar-refractivity contribution >= 4 is 33.6 Å². The maximum Gasteiger partial charge on any atom is 0.248 e.